The Bertz CT molecular complexity index is 735. The molecule has 3 heteroatoms. The summed E-state index contributed by atoms with van der Waals surface area (Å²) in [4.78, 5) is 2.47. The van der Waals surface area contributed by atoms with E-state index in [0.29, 0.717) is 5.92 Å². The third kappa shape index (κ3) is 7.08. The van der Waals surface area contributed by atoms with E-state index in [-0.39, 0.29) is 0 Å². The molecule has 0 spiro atoms. The van der Waals surface area contributed by atoms with Gasteiger partial charge in [0.25, 0.3) is 0 Å². The number of hydrogen-bond acceptors (Lipinski definition) is 3. The van der Waals surface area contributed by atoms with Gasteiger partial charge in [-0.2, -0.15) is 0 Å². The van der Waals surface area contributed by atoms with Gasteiger partial charge in [-0.15, -0.1) is 0 Å². The molecule has 0 aliphatic carbocycles. The van der Waals surface area contributed by atoms with Crippen molar-refractivity contribution in [2.75, 3.05) is 33.4 Å². The third-order valence-electron chi connectivity index (χ3n) is 6.06. The summed E-state index contributed by atoms with van der Waals surface area (Å²) in [6.45, 7) is 8.66. The fourth-order valence-electron chi connectivity index (χ4n) is 4.00. The van der Waals surface area contributed by atoms with E-state index in [1.54, 1.807) is 7.11 Å². The minimum absolute atomic E-state index is 0.707. The Morgan fingerprint density at radius 1 is 0.897 bits per heavy atom. The molecular weight excluding hydrogens is 358 g/mol. The van der Waals surface area contributed by atoms with Crippen LogP contribution in [0.25, 0.3) is 0 Å². The standard InChI is InChI=1S/C26H37NO2/c1-21-6-10-23(11-7-21)12-8-22(2)9-13-24-14-15-25(26(20-24)28-3)29-19-18-27-16-4-5-17-27/h6-7,10-11,14-15,20,22H,4-5,8-9,12-13,16-19H2,1-3H3/t22-/m0/s1. The van der Waals surface area contributed by atoms with E-state index in [2.05, 4.69) is 61.2 Å². The molecule has 3 rings (SSSR count). The van der Waals surface area contributed by atoms with Crippen LogP contribution in [-0.4, -0.2) is 38.3 Å². The first-order valence-corrected chi connectivity index (χ1v) is 11.2. The van der Waals surface area contributed by atoms with Crippen molar-refractivity contribution in [3.8, 4) is 11.5 Å². The smallest absolute Gasteiger partial charge is 0.161 e. The molecule has 0 amide bonds. The predicted octanol–water partition coefficient (Wildman–Crippen LogP) is 5.68. The van der Waals surface area contributed by atoms with Gasteiger partial charge in [0.2, 0.25) is 0 Å². The van der Waals surface area contributed by atoms with Crippen molar-refractivity contribution >= 4 is 0 Å². The number of hydrogen-bond donors (Lipinski definition) is 0. The van der Waals surface area contributed by atoms with Gasteiger partial charge in [-0.25, -0.2) is 0 Å². The molecule has 0 N–H and O–H groups in total. The molecule has 29 heavy (non-hydrogen) atoms. The lowest BCUT2D eigenvalue weighted by Gasteiger charge is -2.17. The molecule has 1 atom stereocenters. The van der Waals surface area contributed by atoms with Crippen LogP contribution in [0.4, 0.5) is 0 Å². The van der Waals surface area contributed by atoms with Crippen molar-refractivity contribution in [2.45, 2.75) is 52.4 Å². The first-order valence-electron chi connectivity index (χ1n) is 11.2. The van der Waals surface area contributed by atoms with Gasteiger partial charge in [0.1, 0.15) is 6.61 Å². The number of ether oxygens (including phenoxy) is 2. The molecule has 1 aliphatic heterocycles. The summed E-state index contributed by atoms with van der Waals surface area (Å²) in [5.41, 5.74) is 4.11. The zero-order valence-corrected chi connectivity index (χ0v) is 18.5. The number of aryl methyl sites for hydroxylation is 3. The number of rotatable bonds is 11. The van der Waals surface area contributed by atoms with E-state index in [1.807, 2.05) is 0 Å². The van der Waals surface area contributed by atoms with Gasteiger partial charge < -0.3 is 9.47 Å². The topological polar surface area (TPSA) is 21.7 Å². The molecule has 0 aromatic heterocycles. The summed E-state index contributed by atoms with van der Waals surface area (Å²) < 4.78 is 11.6. The highest BCUT2D eigenvalue weighted by Gasteiger charge is 2.12. The van der Waals surface area contributed by atoms with E-state index < -0.39 is 0 Å². The summed E-state index contributed by atoms with van der Waals surface area (Å²) in [6, 6.07) is 15.4. The Balaban J connectivity index is 1.43. The number of benzene rings is 2. The molecule has 1 fully saturated rings. The highest BCUT2D eigenvalue weighted by molar-refractivity contribution is 5.43. The highest BCUT2D eigenvalue weighted by atomic mass is 16.5. The molecule has 0 saturated carbocycles. The van der Waals surface area contributed by atoms with E-state index in [1.165, 1.54) is 55.5 Å². The molecule has 1 heterocycles. The van der Waals surface area contributed by atoms with Crippen molar-refractivity contribution < 1.29 is 9.47 Å². The minimum atomic E-state index is 0.707. The van der Waals surface area contributed by atoms with Gasteiger partial charge in [0.05, 0.1) is 7.11 Å². The molecule has 1 saturated heterocycles. The molecule has 0 bridgehead atoms. The van der Waals surface area contributed by atoms with E-state index in [0.717, 1.165) is 37.5 Å². The van der Waals surface area contributed by atoms with Crippen molar-refractivity contribution in [3.05, 3.63) is 59.2 Å². The monoisotopic (exact) mass is 395 g/mol. The van der Waals surface area contributed by atoms with Crippen molar-refractivity contribution in [1.82, 2.24) is 4.90 Å². The number of methoxy groups -OCH3 is 1. The Morgan fingerprint density at radius 2 is 1.55 bits per heavy atom. The molecule has 2 aromatic carbocycles. The van der Waals surface area contributed by atoms with Crippen molar-refractivity contribution in [2.24, 2.45) is 5.92 Å². The van der Waals surface area contributed by atoms with Crippen LogP contribution in [-0.2, 0) is 12.8 Å². The lowest BCUT2D eigenvalue weighted by Crippen LogP contribution is -2.25. The third-order valence-corrected chi connectivity index (χ3v) is 6.06. The van der Waals surface area contributed by atoms with E-state index in [9.17, 15) is 0 Å². The summed E-state index contributed by atoms with van der Waals surface area (Å²) in [7, 11) is 1.73. The van der Waals surface area contributed by atoms with Crippen LogP contribution in [0.2, 0.25) is 0 Å². The fourth-order valence-corrected chi connectivity index (χ4v) is 4.00. The van der Waals surface area contributed by atoms with E-state index in [4.69, 9.17) is 9.47 Å². The Hall–Kier alpha value is -2.00. The Morgan fingerprint density at radius 3 is 2.24 bits per heavy atom. The minimum Gasteiger partial charge on any atom is -0.493 e. The van der Waals surface area contributed by atoms with Crippen LogP contribution in [0.15, 0.2) is 42.5 Å². The SMILES string of the molecule is COc1cc(CC[C@@H](C)CCc2ccc(C)cc2)ccc1OCCN1CCCC1. The highest BCUT2D eigenvalue weighted by Crippen LogP contribution is 2.29. The normalized spacial score (nSPS) is 15.4. The maximum Gasteiger partial charge on any atom is 0.161 e. The van der Waals surface area contributed by atoms with Crippen molar-refractivity contribution in [1.29, 1.82) is 0 Å². The number of nitrogens with zero attached hydrogens (tertiary/aromatic N) is 1. The van der Waals surface area contributed by atoms with Gasteiger partial charge in [-0.1, -0.05) is 42.8 Å². The molecule has 1 aliphatic rings. The summed E-state index contributed by atoms with van der Waals surface area (Å²) >= 11 is 0. The predicted molar refractivity (Wildman–Crippen MR) is 121 cm³/mol. The lowest BCUT2D eigenvalue weighted by molar-refractivity contribution is 0.230. The van der Waals surface area contributed by atoms with Crippen LogP contribution in [0, 0.1) is 12.8 Å². The molecular formula is C26H37NO2. The number of likely N-dealkylation sites (tertiary alicyclic amines) is 1. The average Bonchev–Trinajstić information content (AvgIpc) is 3.26. The second kappa shape index (κ2) is 11.3. The Kier molecular flexibility index (Phi) is 8.42. The molecule has 158 valence electrons. The molecule has 2 aromatic rings. The van der Waals surface area contributed by atoms with Crippen LogP contribution in [0.3, 0.4) is 0 Å². The first kappa shape index (κ1) is 21.7. The van der Waals surface area contributed by atoms with Gasteiger partial charge in [-0.3, -0.25) is 4.90 Å². The second-order valence-corrected chi connectivity index (χ2v) is 8.55. The zero-order chi connectivity index (χ0) is 20.5. The summed E-state index contributed by atoms with van der Waals surface area (Å²) in [5.74, 6) is 2.43. The molecule has 3 nitrogen and oxygen atoms in total. The van der Waals surface area contributed by atoms with Gasteiger partial charge >= 0.3 is 0 Å². The summed E-state index contributed by atoms with van der Waals surface area (Å²) in [6.07, 6.45) is 7.32. The van der Waals surface area contributed by atoms with Crippen LogP contribution < -0.4 is 9.47 Å². The van der Waals surface area contributed by atoms with Gasteiger partial charge in [-0.05, 0) is 87.7 Å². The van der Waals surface area contributed by atoms with Crippen LogP contribution in [0.5, 0.6) is 11.5 Å². The lowest BCUT2D eigenvalue weighted by atomic mass is 9.94. The van der Waals surface area contributed by atoms with Gasteiger partial charge in [0, 0.05) is 6.54 Å². The maximum absolute atomic E-state index is 6.00. The first-order chi connectivity index (χ1) is 14.1. The summed E-state index contributed by atoms with van der Waals surface area (Å²) in [5, 5.41) is 0. The van der Waals surface area contributed by atoms with E-state index >= 15 is 0 Å². The molecule has 0 unspecified atom stereocenters. The largest absolute Gasteiger partial charge is 0.493 e. The van der Waals surface area contributed by atoms with Gasteiger partial charge in [0.15, 0.2) is 11.5 Å². The molecule has 0 radical (unpaired) electrons. The van der Waals surface area contributed by atoms with Crippen LogP contribution in [0.1, 0.15) is 49.3 Å². The second-order valence-electron chi connectivity index (χ2n) is 8.55. The van der Waals surface area contributed by atoms with Crippen LogP contribution >= 0.6 is 0 Å². The zero-order valence-electron chi connectivity index (χ0n) is 18.5. The Labute approximate surface area is 177 Å². The fraction of sp³-hybridized carbons (Fsp3) is 0.538. The quantitative estimate of drug-likeness (QED) is 0.488. The average molecular weight is 396 g/mol. The maximum atomic E-state index is 6.00. The van der Waals surface area contributed by atoms with Crippen molar-refractivity contribution in [3.63, 3.8) is 0 Å².